The summed E-state index contributed by atoms with van der Waals surface area (Å²) in [6, 6.07) is 2.38. The maximum Gasteiger partial charge on any atom is 0.339 e. The van der Waals surface area contributed by atoms with Crippen molar-refractivity contribution in [2.45, 2.75) is 45.0 Å². The van der Waals surface area contributed by atoms with Crippen molar-refractivity contribution in [3.63, 3.8) is 0 Å². The molecule has 2 unspecified atom stereocenters. The molecule has 0 saturated heterocycles. The minimum atomic E-state index is -1.82. The van der Waals surface area contributed by atoms with Crippen molar-refractivity contribution in [1.82, 2.24) is 0 Å². The summed E-state index contributed by atoms with van der Waals surface area (Å²) in [7, 11) is 2.17. The van der Waals surface area contributed by atoms with E-state index in [0.29, 0.717) is 11.1 Å². The van der Waals surface area contributed by atoms with Crippen molar-refractivity contribution in [2.24, 2.45) is 5.92 Å². The zero-order valence-electron chi connectivity index (χ0n) is 22.9. The number of esters is 2. The first-order valence-corrected chi connectivity index (χ1v) is 13.1. The van der Waals surface area contributed by atoms with E-state index in [0.717, 1.165) is 14.2 Å². The Hall–Kier alpha value is -4.84. The molecule has 0 spiro atoms. The first-order chi connectivity index (χ1) is 19.9. The Morgan fingerprint density at radius 1 is 0.690 bits per heavy atom. The lowest BCUT2D eigenvalue weighted by Crippen LogP contribution is -2.47. The van der Waals surface area contributed by atoms with Crippen molar-refractivity contribution in [2.75, 3.05) is 14.2 Å². The summed E-state index contributed by atoms with van der Waals surface area (Å²) < 4.78 is 21.3. The van der Waals surface area contributed by atoms with Gasteiger partial charge in [0, 0.05) is 25.5 Å². The molecule has 0 aromatic heterocycles. The van der Waals surface area contributed by atoms with Gasteiger partial charge in [-0.3, -0.25) is 19.2 Å². The Bertz CT molecular complexity index is 1730. The van der Waals surface area contributed by atoms with Crippen LogP contribution < -0.4 is 0 Å². The van der Waals surface area contributed by atoms with Crippen LogP contribution in [0.15, 0.2) is 23.5 Å². The van der Waals surface area contributed by atoms with Gasteiger partial charge in [-0.25, -0.2) is 9.59 Å². The van der Waals surface area contributed by atoms with Gasteiger partial charge in [-0.2, -0.15) is 0 Å². The molecule has 2 aliphatic carbocycles. The Morgan fingerprint density at radius 3 is 1.74 bits per heavy atom. The van der Waals surface area contributed by atoms with Crippen molar-refractivity contribution in [3.8, 4) is 11.5 Å². The average molecular weight is 577 g/mol. The predicted molar refractivity (Wildman–Crippen MR) is 139 cm³/mol. The van der Waals surface area contributed by atoms with E-state index in [1.165, 1.54) is 12.1 Å². The second kappa shape index (κ2) is 9.35. The molecular formula is C30H24O12. The molecule has 2 aromatic rings. The van der Waals surface area contributed by atoms with Crippen LogP contribution in [0.4, 0.5) is 0 Å². The quantitative estimate of drug-likeness (QED) is 0.510. The summed E-state index contributed by atoms with van der Waals surface area (Å²) in [6.07, 6.45) is -2.46. The van der Waals surface area contributed by atoms with Gasteiger partial charge in [0.1, 0.15) is 29.8 Å². The number of ether oxygens (including phenoxy) is 4. The van der Waals surface area contributed by atoms with Crippen LogP contribution in [0.1, 0.15) is 87.1 Å². The van der Waals surface area contributed by atoms with Crippen LogP contribution >= 0.6 is 0 Å². The third kappa shape index (κ3) is 3.57. The molecule has 42 heavy (non-hydrogen) atoms. The molecule has 0 saturated carbocycles. The van der Waals surface area contributed by atoms with Crippen molar-refractivity contribution in [1.29, 1.82) is 0 Å². The molecule has 12 nitrogen and oxygen atoms in total. The SMILES string of the molecule is COC1=C(C2C(=O)c3c(O)cc4c(c3C(=O)C2OC)C(=O)O[C@@H](C)C4)C(=O)c2c(O)cc3c(c2C1=O)C(=O)O[C@@H](C)C3. The summed E-state index contributed by atoms with van der Waals surface area (Å²) in [5.41, 5.74) is -2.35. The smallest absolute Gasteiger partial charge is 0.339 e. The molecule has 4 atom stereocenters. The number of allylic oxidation sites excluding steroid dienone is 1. The van der Waals surface area contributed by atoms with E-state index in [9.17, 15) is 39.0 Å². The maximum atomic E-state index is 14.1. The van der Waals surface area contributed by atoms with Gasteiger partial charge in [-0.15, -0.1) is 0 Å². The van der Waals surface area contributed by atoms with Crippen molar-refractivity contribution >= 4 is 35.1 Å². The number of Topliss-reactive ketones (excluding diaryl/α,β-unsaturated/α-hetero) is 4. The number of fused-ring (bicyclic) bond motifs is 6. The first kappa shape index (κ1) is 27.3. The van der Waals surface area contributed by atoms with Crippen LogP contribution in [0.3, 0.4) is 0 Å². The number of methoxy groups -OCH3 is 2. The van der Waals surface area contributed by atoms with Crippen LogP contribution in [-0.2, 0) is 31.8 Å². The van der Waals surface area contributed by atoms with E-state index in [4.69, 9.17) is 18.9 Å². The molecule has 0 amide bonds. The standard InChI is InChI=1S/C30H24O12/c1-9-5-11-7-13(31)17-19(15(11)29(37)41-9)25(35)27(39-3)21(23(17)33)22-24(34)18-14(32)8-12-6-10(2)42-30(38)16(12)20(18)26(36)28(22)40-4/h7-10,21,27,31-32H,5-6H2,1-4H3/t9-,10-,21?,27?/m0/s1. The minimum Gasteiger partial charge on any atom is -0.507 e. The molecule has 0 radical (unpaired) electrons. The lowest BCUT2D eigenvalue weighted by molar-refractivity contribution is 0.0276. The number of hydrogen-bond acceptors (Lipinski definition) is 12. The molecule has 12 heteroatoms. The number of cyclic esters (lactones) is 2. The molecule has 216 valence electrons. The van der Waals surface area contributed by atoms with Gasteiger partial charge >= 0.3 is 11.9 Å². The molecule has 2 aromatic carbocycles. The molecule has 4 aliphatic rings. The molecule has 2 heterocycles. The summed E-state index contributed by atoms with van der Waals surface area (Å²) in [5, 5.41) is 21.8. The third-order valence-corrected chi connectivity index (χ3v) is 8.07. The fraction of sp³-hybridized carbons (Fsp3) is 0.333. The van der Waals surface area contributed by atoms with Crippen molar-refractivity contribution in [3.05, 3.63) is 68.0 Å². The van der Waals surface area contributed by atoms with Gasteiger partial charge in [-0.05, 0) is 37.1 Å². The summed E-state index contributed by atoms with van der Waals surface area (Å²) >= 11 is 0. The molecule has 6 rings (SSSR count). The highest BCUT2D eigenvalue weighted by Gasteiger charge is 2.53. The van der Waals surface area contributed by atoms with Crippen LogP contribution in [-0.4, -0.2) is 77.8 Å². The highest BCUT2D eigenvalue weighted by molar-refractivity contribution is 6.33. The van der Waals surface area contributed by atoms with Gasteiger partial charge in [-0.1, -0.05) is 0 Å². The minimum absolute atomic E-state index is 0.172. The second-order valence-electron chi connectivity index (χ2n) is 10.7. The van der Waals surface area contributed by atoms with Crippen LogP contribution in [0.25, 0.3) is 0 Å². The number of benzene rings is 2. The molecule has 2 aliphatic heterocycles. The van der Waals surface area contributed by atoms with Crippen LogP contribution in [0, 0.1) is 5.92 Å². The fourth-order valence-corrected chi connectivity index (χ4v) is 6.44. The number of rotatable bonds is 3. The highest BCUT2D eigenvalue weighted by atomic mass is 16.5. The number of ketones is 4. The number of phenols is 2. The summed E-state index contributed by atoms with van der Waals surface area (Å²) in [4.78, 5) is 81.6. The zero-order valence-corrected chi connectivity index (χ0v) is 22.9. The van der Waals surface area contributed by atoms with Crippen molar-refractivity contribution < 1.29 is 57.9 Å². The average Bonchev–Trinajstić information content (AvgIpc) is 2.90. The van der Waals surface area contributed by atoms with Gasteiger partial charge in [0.05, 0.1) is 46.4 Å². The lowest BCUT2D eigenvalue weighted by atomic mass is 9.69. The number of carbonyl (C=O) groups is 6. The number of aromatic hydroxyl groups is 2. The van der Waals surface area contributed by atoms with Gasteiger partial charge in [0.25, 0.3) is 0 Å². The number of hydrogen-bond donors (Lipinski definition) is 2. The largest absolute Gasteiger partial charge is 0.507 e. The highest BCUT2D eigenvalue weighted by Crippen LogP contribution is 2.46. The monoisotopic (exact) mass is 576 g/mol. The summed E-state index contributed by atoms with van der Waals surface area (Å²) in [6.45, 7) is 3.26. The Balaban J connectivity index is 1.58. The maximum absolute atomic E-state index is 14.1. The lowest BCUT2D eigenvalue weighted by Gasteiger charge is -2.35. The Morgan fingerprint density at radius 2 is 1.21 bits per heavy atom. The fourth-order valence-electron chi connectivity index (χ4n) is 6.44. The van der Waals surface area contributed by atoms with E-state index in [1.54, 1.807) is 13.8 Å². The van der Waals surface area contributed by atoms with E-state index in [-0.39, 0.29) is 24.0 Å². The zero-order chi connectivity index (χ0) is 30.4. The van der Waals surface area contributed by atoms with Gasteiger partial charge < -0.3 is 29.2 Å². The normalized spacial score (nSPS) is 24.9. The predicted octanol–water partition coefficient (Wildman–Crippen LogP) is 2.29. The molecular weight excluding hydrogens is 552 g/mol. The number of phenolic OH excluding ortho intramolecular Hbond substituents is 2. The van der Waals surface area contributed by atoms with E-state index in [1.807, 2.05) is 0 Å². The van der Waals surface area contributed by atoms with Gasteiger partial charge in [0.15, 0.2) is 23.1 Å². The topological polar surface area (TPSA) is 180 Å². The molecule has 0 fully saturated rings. The Labute approximate surface area is 237 Å². The molecule has 2 N–H and O–H groups in total. The van der Waals surface area contributed by atoms with E-state index >= 15 is 0 Å². The second-order valence-corrected chi connectivity index (χ2v) is 10.7. The van der Waals surface area contributed by atoms with E-state index in [2.05, 4.69) is 0 Å². The number of carbonyl (C=O) groups excluding carboxylic acids is 6. The van der Waals surface area contributed by atoms with Crippen LogP contribution in [0.5, 0.6) is 11.5 Å². The third-order valence-electron chi connectivity index (χ3n) is 8.07. The van der Waals surface area contributed by atoms with Crippen LogP contribution in [0.2, 0.25) is 0 Å². The van der Waals surface area contributed by atoms with Gasteiger partial charge in [0.2, 0.25) is 5.78 Å². The first-order valence-electron chi connectivity index (χ1n) is 13.1. The summed E-state index contributed by atoms with van der Waals surface area (Å²) in [5.74, 6) is -9.37. The Kier molecular flexibility index (Phi) is 6.08. The van der Waals surface area contributed by atoms with E-state index < -0.39 is 104 Å². The molecule has 0 bridgehead atoms.